The molecule has 0 aromatic rings. The summed E-state index contributed by atoms with van der Waals surface area (Å²) in [5.41, 5.74) is 0.404. The number of carbonyl (C=O) groups is 1. The molecule has 1 aliphatic carbocycles. The summed E-state index contributed by atoms with van der Waals surface area (Å²) in [6.07, 6.45) is 4.98. The number of nitrogens with one attached hydrogen (secondary N) is 1. The van der Waals surface area contributed by atoms with Crippen molar-refractivity contribution in [3.05, 3.63) is 0 Å². The molecule has 0 spiro atoms. The molecule has 1 fully saturated rings. The van der Waals surface area contributed by atoms with Crippen molar-refractivity contribution >= 4 is 17.5 Å². The van der Waals surface area contributed by atoms with Gasteiger partial charge in [-0.2, -0.15) is 0 Å². The van der Waals surface area contributed by atoms with Crippen LogP contribution in [0, 0.1) is 5.41 Å². The van der Waals surface area contributed by atoms with Crippen LogP contribution >= 0.6 is 11.6 Å². The number of hydrogen-bond donors (Lipinski definition) is 1. The van der Waals surface area contributed by atoms with Crippen molar-refractivity contribution in [3.8, 4) is 0 Å². The van der Waals surface area contributed by atoms with Crippen LogP contribution < -0.4 is 5.32 Å². The Morgan fingerprint density at radius 1 is 1.58 bits per heavy atom. The maximum absolute atomic E-state index is 10.9. The van der Waals surface area contributed by atoms with Gasteiger partial charge in [-0.05, 0) is 24.7 Å². The van der Waals surface area contributed by atoms with E-state index in [2.05, 4.69) is 12.2 Å². The molecule has 0 aromatic carbocycles. The van der Waals surface area contributed by atoms with Crippen LogP contribution in [0.5, 0.6) is 0 Å². The molecule has 0 atom stereocenters. The fraction of sp³-hybridized carbons (Fsp3) is 0.889. The highest BCUT2D eigenvalue weighted by Crippen LogP contribution is 2.42. The lowest BCUT2D eigenvalue weighted by Gasteiger charge is -2.41. The van der Waals surface area contributed by atoms with E-state index < -0.39 is 0 Å². The van der Waals surface area contributed by atoms with Gasteiger partial charge in [-0.25, -0.2) is 0 Å². The van der Waals surface area contributed by atoms with Gasteiger partial charge in [0.05, 0.1) is 0 Å². The van der Waals surface area contributed by atoms with Crippen molar-refractivity contribution in [3.63, 3.8) is 0 Å². The van der Waals surface area contributed by atoms with Gasteiger partial charge >= 0.3 is 0 Å². The van der Waals surface area contributed by atoms with Gasteiger partial charge in [0.1, 0.15) is 5.88 Å². The summed E-state index contributed by atoms with van der Waals surface area (Å²) in [5, 5.41) is 2.86. The zero-order chi connectivity index (χ0) is 9.03. The van der Waals surface area contributed by atoms with Crippen LogP contribution in [-0.4, -0.2) is 18.3 Å². The van der Waals surface area contributed by atoms with E-state index in [0.29, 0.717) is 5.41 Å². The average Bonchev–Trinajstić information content (AvgIpc) is 2.03. The number of halogens is 1. The third-order valence-electron chi connectivity index (χ3n) is 2.95. The molecule has 2 nitrogen and oxygen atoms in total. The highest BCUT2D eigenvalue weighted by Gasteiger charge is 2.34. The standard InChI is InChI=1S/C9H16ClNO/c1-2-9(4-3-5-9)7-11-8(12)6-10/h2-7H2,1H3,(H,11,12). The molecule has 0 aliphatic heterocycles. The zero-order valence-corrected chi connectivity index (χ0v) is 8.28. The summed E-state index contributed by atoms with van der Waals surface area (Å²) in [5.74, 6) is 0.0381. The van der Waals surface area contributed by atoms with Crippen LogP contribution in [0.4, 0.5) is 0 Å². The molecule has 0 saturated heterocycles. The second-order valence-corrected chi connectivity index (χ2v) is 3.88. The highest BCUT2D eigenvalue weighted by atomic mass is 35.5. The second-order valence-electron chi connectivity index (χ2n) is 3.62. The minimum absolute atomic E-state index is 0.0450. The summed E-state index contributed by atoms with van der Waals surface area (Å²) in [6.45, 7) is 3.00. The average molecular weight is 190 g/mol. The molecule has 0 heterocycles. The largest absolute Gasteiger partial charge is 0.355 e. The van der Waals surface area contributed by atoms with Crippen molar-refractivity contribution in [1.82, 2.24) is 5.32 Å². The van der Waals surface area contributed by atoms with Crippen LogP contribution in [0.3, 0.4) is 0 Å². The molecule has 0 bridgehead atoms. The predicted molar refractivity (Wildman–Crippen MR) is 50.3 cm³/mol. The molecule has 1 amide bonds. The first-order chi connectivity index (χ1) is 5.72. The smallest absolute Gasteiger partial charge is 0.234 e. The monoisotopic (exact) mass is 189 g/mol. The molecule has 1 saturated carbocycles. The van der Waals surface area contributed by atoms with E-state index >= 15 is 0 Å². The van der Waals surface area contributed by atoms with Crippen LogP contribution in [0.25, 0.3) is 0 Å². The Bertz CT molecular complexity index is 160. The molecular weight excluding hydrogens is 174 g/mol. The van der Waals surface area contributed by atoms with E-state index in [0.717, 1.165) is 13.0 Å². The Balaban J connectivity index is 2.24. The van der Waals surface area contributed by atoms with E-state index in [9.17, 15) is 4.79 Å². The summed E-state index contributed by atoms with van der Waals surface area (Å²) < 4.78 is 0. The third-order valence-corrected chi connectivity index (χ3v) is 3.19. The minimum atomic E-state index is -0.0450. The molecule has 0 unspecified atom stereocenters. The van der Waals surface area contributed by atoms with Crippen molar-refractivity contribution in [2.24, 2.45) is 5.41 Å². The maximum atomic E-state index is 10.9. The first-order valence-corrected chi connectivity index (χ1v) is 5.08. The molecule has 70 valence electrons. The maximum Gasteiger partial charge on any atom is 0.234 e. The van der Waals surface area contributed by atoms with Gasteiger partial charge in [0.2, 0.25) is 5.91 Å². The first kappa shape index (κ1) is 9.85. The van der Waals surface area contributed by atoms with Gasteiger partial charge in [-0.1, -0.05) is 13.3 Å². The minimum Gasteiger partial charge on any atom is -0.355 e. The fourth-order valence-corrected chi connectivity index (χ4v) is 1.76. The first-order valence-electron chi connectivity index (χ1n) is 4.55. The van der Waals surface area contributed by atoms with Gasteiger partial charge in [0.25, 0.3) is 0 Å². The Morgan fingerprint density at radius 3 is 2.58 bits per heavy atom. The van der Waals surface area contributed by atoms with Crippen molar-refractivity contribution in [2.75, 3.05) is 12.4 Å². The number of rotatable bonds is 4. The quantitative estimate of drug-likeness (QED) is 0.673. The summed E-state index contributed by atoms with van der Waals surface area (Å²) in [6, 6.07) is 0. The van der Waals surface area contributed by atoms with Gasteiger partial charge in [0, 0.05) is 6.54 Å². The lowest BCUT2D eigenvalue weighted by Crippen LogP contribution is -2.42. The zero-order valence-electron chi connectivity index (χ0n) is 7.53. The summed E-state index contributed by atoms with van der Waals surface area (Å²) in [7, 11) is 0. The van der Waals surface area contributed by atoms with E-state index in [1.54, 1.807) is 0 Å². The Hall–Kier alpha value is -0.240. The fourth-order valence-electron chi connectivity index (χ4n) is 1.67. The van der Waals surface area contributed by atoms with Crippen LogP contribution in [0.15, 0.2) is 0 Å². The van der Waals surface area contributed by atoms with Gasteiger partial charge in [-0.3, -0.25) is 4.79 Å². The van der Waals surface area contributed by atoms with Gasteiger partial charge in [-0.15, -0.1) is 11.6 Å². The van der Waals surface area contributed by atoms with Crippen LogP contribution in [0.2, 0.25) is 0 Å². The molecule has 12 heavy (non-hydrogen) atoms. The topological polar surface area (TPSA) is 29.1 Å². The Kier molecular flexibility index (Phi) is 3.39. The van der Waals surface area contributed by atoms with E-state index in [1.165, 1.54) is 19.3 Å². The molecule has 1 rings (SSSR count). The number of alkyl halides is 1. The second kappa shape index (κ2) is 4.13. The number of amides is 1. The summed E-state index contributed by atoms with van der Waals surface area (Å²) in [4.78, 5) is 10.9. The lowest BCUT2D eigenvalue weighted by molar-refractivity contribution is -0.119. The summed E-state index contributed by atoms with van der Waals surface area (Å²) >= 11 is 5.37. The van der Waals surface area contributed by atoms with Gasteiger partial charge in [0.15, 0.2) is 0 Å². The van der Waals surface area contributed by atoms with Crippen LogP contribution in [0.1, 0.15) is 32.6 Å². The molecular formula is C9H16ClNO. The van der Waals surface area contributed by atoms with E-state index in [1.807, 2.05) is 0 Å². The Labute approximate surface area is 78.7 Å². The van der Waals surface area contributed by atoms with Crippen molar-refractivity contribution in [2.45, 2.75) is 32.6 Å². The highest BCUT2D eigenvalue weighted by molar-refractivity contribution is 6.27. The SMILES string of the molecule is CCC1(CNC(=O)CCl)CCC1. The van der Waals surface area contributed by atoms with Crippen molar-refractivity contribution in [1.29, 1.82) is 0 Å². The number of carbonyl (C=O) groups excluding carboxylic acids is 1. The van der Waals surface area contributed by atoms with Crippen molar-refractivity contribution < 1.29 is 4.79 Å². The lowest BCUT2D eigenvalue weighted by atomic mass is 9.67. The Morgan fingerprint density at radius 2 is 2.25 bits per heavy atom. The normalized spacial score (nSPS) is 19.8. The molecule has 3 heteroatoms. The molecule has 1 aliphatic rings. The van der Waals surface area contributed by atoms with Crippen LogP contribution in [-0.2, 0) is 4.79 Å². The van der Waals surface area contributed by atoms with E-state index in [-0.39, 0.29) is 11.8 Å². The number of hydrogen-bond acceptors (Lipinski definition) is 1. The molecule has 1 N–H and O–H groups in total. The van der Waals surface area contributed by atoms with Gasteiger partial charge < -0.3 is 5.32 Å². The third kappa shape index (κ3) is 2.13. The molecule has 0 aromatic heterocycles. The van der Waals surface area contributed by atoms with E-state index in [4.69, 9.17) is 11.6 Å². The predicted octanol–water partition coefficient (Wildman–Crippen LogP) is 1.92. The molecule has 0 radical (unpaired) electrons.